The van der Waals surface area contributed by atoms with Crippen molar-refractivity contribution in [2.45, 2.75) is 0 Å². The van der Waals surface area contributed by atoms with Crippen LogP contribution in [0, 0.1) is 0 Å². The van der Waals surface area contributed by atoms with Crippen molar-refractivity contribution in [1.29, 1.82) is 0 Å². The van der Waals surface area contributed by atoms with Crippen LogP contribution in [-0.2, 0) is 0 Å². The number of hydrogen-bond acceptors (Lipinski definition) is 7. The molecule has 1 aromatic heterocycles. The molecule has 0 bridgehead atoms. The van der Waals surface area contributed by atoms with Crippen LogP contribution in [-0.4, -0.2) is 48.2 Å². The van der Waals surface area contributed by atoms with E-state index in [9.17, 15) is 29.7 Å². The van der Waals surface area contributed by atoms with E-state index in [0.717, 1.165) is 44.5 Å². The molecule has 0 aliphatic carbocycles. The fourth-order valence-corrected chi connectivity index (χ4v) is 5.75. The second kappa shape index (κ2) is 13.8. The number of aromatic nitrogens is 3. The summed E-state index contributed by atoms with van der Waals surface area (Å²) in [7, 11) is 0. The normalized spacial score (nSPS) is 10.8. The number of aromatic carboxylic acids is 3. The zero-order chi connectivity index (χ0) is 36.4. The van der Waals surface area contributed by atoms with Crippen molar-refractivity contribution in [1.82, 2.24) is 15.0 Å². The fourth-order valence-electron chi connectivity index (χ4n) is 5.75. The SMILES string of the molecule is Nc1cc(-c2nc(-c3ccc(-c4ccc(C(=O)O)cc4)cc3)nc(-c3ccc(-c4ccc(C(=O)O)cc4)cc3)n2)ccc1-c1ccc(C(=O)O)cc1. The van der Waals surface area contributed by atoms with Crippen LogP contribution in [0.3, 0.4) is 0 Å². The molecule has 10 heteroatoms. The summed E-state index contributed by atoms with van der Waals surface area (Å²) in [5.41, 5.74) is 14.7. The van der Waals surface area contributed by atoms with Gasteiger partial charge in [0, 0.05) is 27.9 Å². The Kier molecular flexibility index (Phi) is 8.78. The van der Waals surface area contributed by atoms with Crippen LogP contribution >= 0.6 is 0 Å². The lowest BCUT2D eigenvalue weighted by molar-refractivity contribution is 0.0686. The van der Waals surface area contributed by atoms with Crippen molar-refractivity contribution in [3.63, 3.8) is 0 Å². The second-order valence-corrected chi connectivity index (χ2v) is 11.9. The smallest absolute Gasteiger partial charge is 0.335 e. The van der Waals surface area contributed by atoms with Crippen LogP contribution in [0.2, 0.25) is 0 Å². The topological polar surface area (TPSA) is 177 Å². The molecule has 0 saturated carbocycles. The molecule has 0 amide bonds. The van der Waals surface area contributed by atoms with Crippen molar-refractivity contribution in [2.24, 2.45) is 0 Å². The zero-order valence-corrected chi connectivity index (χ0v) is 27.3. The third kappa shape index (κ3) is 6.85. The van der Waals surface area contributed by atoms with Crippen molar-refractivity contribution in [2.75, 3.05) is 5.73 Å². The molecule has 0 unspecified atom stereocenters. The highest BCUT2D eigenvalue weighted by Gasteiger charge is 2.15. The summed E-state index contributed by atoms with van der Waals surface area (Å²) < 4.78 is 0. The van der Waals surface area contributed by atoms with Crippen LogP contribution in [0.1, 0.15) is 31.1 Å². The number of benzene rings is 6. The molecule has 10 nitrogen and oxygen atoms in total. The number of nitrogen functional groups attached to an aromatic ring is 1. The summed E-state index contributed by atoms with van der Waals surface area (Å²) in [6.45, 7) is 0. The van der Waals surface area contributed by atoms with Gasteiger partial charge in [0.1, 0.15) is 0 Å². The van der Waals surface area contributed by atoms with Crippen LogP contribution in [0.15, 0.2) is 140 Å². The average Bonchev–Trinajstić information content (AvgIpc) is 3.18. The molecule has 0 fully saturated rings. The summed E-state index contributed by atoms with van der Waals surface area (Å²) in [5, 5.41) is 27.8. The summed E-state index contributed by atoms with van der Waals surface area (Å²) in [5.74, 6) is -1.75. The maximum absolute atomic E-state index is 11.3. The minimum Gasteiger partial charge on any atom is -0.478 e. The van der Waals surface area contributed by atoms with Gasteiger partial charge < -0.3 is 21.1 Å². The summed E-state index contributed by atoms with van der Waals surface area (Å²) in [6, 6.07) is 40.5. The molecule has 0 spiro atoms. The Morgan fingerprint density at radius 3 is 0.962 bits per heavy atom. The van der Waals surface area contributed by atoms with Crippen molar-refractivity contribution in [3.8, 4) is 67.5 Å². The highest BCUT2D eigenvalue weighted by molar-refractivity contribution is 5.90. The van der Waals surface area contributed by atoms with Crippen LogP contribution in [0.5, 0.6) is 0 Å². The maximum atomic E-state index is 11.3. The number of anilines is 1. The summed E-state index contributed by atoms with van der Waals surface area (Å²) in [4.78, 5) is 48.4. The molecule has 0 aliphatic rings. The first-order valence-electron chi connectivity index (χ1n) is 16.0. The van der Waals surface area contributed by atoms with Gasteiger partial charge in [-0.1, -0.05) is 97.1 Å². The Balaban J connectivity index is 1.26. The van der Waals surface area contributed by atoms with Gasteiger partial charge in [-0.25, -0.2) is 29.3 Å². The standard InChI is InChI=1S/C42H28N4O6/c43-36-23-34(21-22-35(36)28-9-19-33(20-10-28)42(51)52)39-45-37(29-11-1-24(2-12-29)26-5-15-31(16-6-26)40(47)48)44-38(46-39)30-13-3-25(4-14-30)27-7-17-32(18-8-27)41(49)50/h1-23H,43H2,(H,47,48)(H,49,50)(H,51,52). The number of carboxylic acids is 3. The number of nitrogens with zero attached hydrogens (tertiary/aromatic N) is 3. The number of nitrogens with two attached hydrogens (primary N) is 1. The van der Waals surface area contributed by atoms with Gasteiger partial charge >= 0.3 is 17.9 Å². The molecule has 252 valence electrons. The van der Waals surface area contributed by atoms with E-state index in [1.165, 1.54) is 12.1 Å². The van der Waals surface area contributed by atoms with E-state index >= 15 is 0 Å². The van der Waals surface area contributed by atoms with Crippen molar-refractivity contribution >= 4 is 23.6 Å². The molecular formula is C42H28N4O6. The van der Waals surface area contributed by atoms with Crippen molar-refractivity contribution in [3.05, 3.63) is 156 Å². The maximum Gasteiger partial charge on any atom is 0.335 e. The average molecular weight is 685 g/mol. The highest BCUT2D eigenvalue weighted by Crippen LogP contribution is 2.33. The molecule has 6 aromatic carbocycles. The van der Waals surface area contributed by atoms with Gasteiger partial charge in [-0.05, 0) is 70.3 Å². The van der Waals surface area contributed by atoms with E-state index in [1.807, 2.05) is 60.7 Å². The van der Waals surface area contributed by atoms with E-state index in [4.69, 9.17) is 20.7 Å². The minimum absolute atomic E-state index is 0.178. The van der Waals surface area contributed by atoms with Gasteiger partial charge in [-0.15, -0.1) is 0 Å². The van der Waals surface area contributed by atoms with Gasteiger partial charge in [0.2, 0.25) is 0 Å². The monoisotopic (exact) mass is 684 g/mol. The first kappa shape index (κ1) is 33.1. The number of hydrogen-bond donors (Lipinski definition) is 4. The summed E-state index contributed by atoms with van der Waals surface area (Å²) >= 11 is 0. The van der Waals surface area contributed by atoms with Gasteiger partial charge in [0.25, 0.3) is 0 Å². The van der Waals surface area contributed by atoms with Gasteiger partial charge in [0.15, 0.2) is 17.5 Å². The number of rotatable bonds is 9. The Bertz CT molecular complexity index is 2340. The quantitative estimate of drug-likeness (QED) is 0.108. The molecule has 1 heterocycles. The summed E-state index contributed by atoms with van der Waals surface area (Å²) in [6.07, 6.45) is 0. The molecule has 0 aliphatic heterocycles. The van der Waals surface area contributed by atoms with Crippen LogP contribution in [0.25, 0.3) is 67.5 Å². The molecule has 7 aromatic rings. The zero-order valence-electron chi connectivity index (χ0n) is 27.3. The first-order valence-corrected chi connectivity index (χ1v) is 16.0. The van der Waals surface area contributed by atoms with E-state index in [2.05, 4.69) is 0 Å². The highest BCUT2D eigenvalue weighted by atomic mass is 16.4. The first-order chi connectivity index (χ1) is 25.1. The lowest BCUT2D eigenvalue weighted by atomic mass is 10.00. The number of carbonyl (C=O) groups is 3. The van der Waals surface area contributed by atoms with Gasteiger partial charge in [0.05, 0.1) is 16.7 Å². The van der Waals surface area contributed by atoms with Gasteiger partial charge in [-0.3, -0.25) is 0 Å². The molecule has 0 atom stereocenters. The predicted molar refractivity (Wildman–Crippen MR) is 198 cm³/mol. The molecule has 0 saturated heterocycles. The van der Waals surface area contributed by atoms with Gasteiger partial charge in [-0.2, -0.15) is 0 Å². The van der Waals surface area contributed by atoms with E-state index in [0.29, 0.717) is 28.7 Å². The number of carboxylic acid groups (broad SMARTS) is 3. The van der Waals surface area contributed by atoms with E-state index in [1.54, 1.807) is 66.7 Å². The predicted octanol–water partition coefficient (Wildman–Crippen LogP) is 8.55. The third-order valence-electron chi connectivity index (χ3n) is 8.60. The van der Waals surface area contributed by atoms with Crippen LogP contribution in [0.4, 0.5) is 5.69 Å². The molecule has 52 heavy (non-hydrogen) atoms. The molecule has 7 rings (SSSR count). The Hall–Kier alpha value is -7.46. The van der Waals surface area contributed by atoms with E-state index < -0.39 is 17.9 Å². The van der Waals surface area contributed by atoms with Crippen LogP contribution < -0.4 is 5.73 Å². The fraction of sp³-hybridized carbons (Fsp3) is 0. The molecular weight excluding hydrogens is 656 g/mol. The lowest BCUT2D eigenvalue weighted by Crippen LogP contribution is -2.01. The molecule has 5 N–H and O–H groups in total. The van der Waals surface area contributed by atoms with Crippen molar-refractivity contribution < 1.29 is 29.7 Å². The minimum atomic E-state index is -1.01. The lowest BCUT2D eigenvalue weighted by Gasteiger charge is -2.12. The largest absolute Gasteiger partial charge is 0.478 e. The Morgan fingerprint density at radius 2 is 0.635 bits per heavy atom. The second-order valence-electron chi connectivity index (χ2n) is 11.9. The Labute approximate surface area is 297 Å². The van der Waals surface area contributed by atoms with E-state index in [-0.39, 0.29) is 16.7 Å². The third-order valence-corrected chi connectivity index (χ3v) is 8.60. The molecule has 0 radical (unpaired) electrons. The Morgan fingerprint density at radius 1 is 0.365 bits per heavy atom.